The van der Waals surface area contributed by atoms with Crippen molar-refractivity contribution in [1.29, 1.82) is 0 Å². The van der Waals surface area contributed by atoms with E-state index in [0.717, 1.165) is 37.1 Å². The highest BCUT2D eigenvalue weighted by Crippen LogP contribution is 2.22. The fourth-order valence-corrected chi connectivity index (χ4v) is 3.80. The Kier molecular flexibility index (Phi) is 9.18. The van der Waals surface area contributed by atoms with Crippen LogP contribution in [0.3, 0.4) is 0 Å². The van der Waals surface area contributed by atoms with Gasteiger partial charge in [-0.2, -0.15) is 0 Å². The van der Waals surface area contributed by atoms with Crippen LogP contribution in [-0.4, -0.2) is 31.4 Å². The molecule has 9 heteroatoms. The number of hydrogen-bond donors (Lipinski definition) is 1. The fourth-order valence-electron chi connectivity index (χ4n) is 3.80. The highest BCUT2D eigenvalue weighted by atomic mass is 16.5. The number of aromatic nitrogens is 4. The lowest BCUT2D eigenvalue weighted by atomic mass is 10.0. The number of Topliss-reactive ketones (excluding diaryl/α,β-unsaturated/α-hetero) is 1. The summed E-state index contributed by atoms with van der Waals surface area (Å²) in [6.45, 7) is 0.361. The Morgan fingerprint density at radius 2 is 1.76 bits per heavy atom. The second-order valence-electron chi connectivity index (χ2n) is 8.77. The van der Waals surface area contributed by atoms with E-state index in [1.54, 1.807) is 6.20 Å². The van der Waals surface area contributed by atoms with E-state index in [-0.39, 0.29) is 18.9 Å². The van der Waals surface area contributed by atoms with Gasteiger partial charge in [0.15, 0.2) is 0 Å². The third-order valence-corrected chi connectivity index (χ3v) is 5.97. The minimum absolute atomic E-state index is 0.000488. The molecule has 0 bridgehead atoms. The number of benzene rings is 2. The molecule has 0 aliphatic carbocycles. The minimum atomic E-state index is -0.627. The van der Waals surface area contributed by atoms with Crippen LogP contribution in [0.25, 0.3) is 11.5 Å². The second kappa shape index (κ2) is 13.2. The summed E-state index contributed by atoms with van der Waals surface area (Å²) in [5.74, 6) is 1.01. The quantitative estimate of drug-likeness (QED) is 0.201. The van der Waals surface area contributed by atoms with Gasteiger partial charge in [-0.3, -0.25) is 9.59 Å². The van der Waals surface area contributed by atoms with E-state index in [9.17, 15) is 9.59 Å². The first-order chi connectivity index (χ1) is 18.1. The first-order valence-corrected chi connectivity index (χ1v) is 12.5. The largest absolute Gasteiger partial charge is 0.486 e. The summed E-state index contributed by atoms with van der Waals surface area (Å²) < 4.78 is 13.3. The van der Waals surface area contributed by atoms with Gasteiger partial charge in [-0.1, -0.05) is 43.2 Å². The number of aryl methyl sites for hydroxylation is 2. The zero-order chi connectivity index (χ0) is 25.9. The summed E-state index contributed by atoms with van der Waals surface area (Å²) in [7, 11) is 1.91. The van der Waals surface area contributed by atoms with Gasteiger partial charge in [0.25, 0.3) is 5.91 Å². The number of nitrogens with zero attached hydrogens (tertiary/aromatic N) is 4. The van der Waals surface area contributed by atoms with E-state index in [1.165, 1.54) is 5.56 Å². The van der Waals surface area contributed by atoms with E-state index in [0.29, 0.717) is 24.7 Å². The molecule has 37 heavy (non-hydrogen) atoms. The Hall–Kier alpha value is -4.27. The first kappa shape index (κ1) is 25.8. The molecule has 0 radical (unpaired) electrons. The molecule has 0 fully saturated rings. The molecule has 0 atom stereocenters. The van der Waals surface area contributed by atoms with Crippen molar-refractivity contribution in [2.45, 2.75) is 51.7 Å². The standard InChI is InChI=1S/C28H31N5O4/c1-33-18-17-29-25(33)20-36-23-15-13-22(14-16-23)28-32-31-26(37-28)19-30-27(35)24(34)12-8-3-2-5-9-21-10-6-4-7-11-21/h4,6-7,10-11,13-18H,2-3,5,8-9,12,19-20H2,1H3,(H,30,35). The highest BCUT2D eigenvalue weighted by Gasteiger charge is 2.15. The second-order valence-corrected chi connectivity index (χ2v) is 8.77. The Bertz CT molecular complexity index is 1280. The van der Waals surface area contributed by atoms with Gasteiger partial charge in [0, 0.05) is 31.4 Å². The van der Waals surface area contributed by atoms with Crippen molar-refractivity contribution in [3.8, 4) is 17.2 Å². The van der Waals surface area contributed by atoms with E-state index >= 15 is 0 Å². The SMILES string of the molecule is Cn1ccnc1COc1ccc(-c2nnc(CNC(=O)C(=O)CCCCCCc3ccccc3)o2)cc1. The lowest BCUT2D eigenvalue weighted by Crippen LogP contribution is -2.30. The van der Waals surface area contributed by atoms with Gasteiger partial charge in [0.05, 0.1) is 6.54 Å². The normalized spacial score (nSPS) is 10.8. The Morgan fingerprint density at radius 3 is 2.51 bits per heavy atom. The van der Waals surface area contributed by atoms with Crippen molar-refractivity contribution in [2.75, 3.05) is 0 Å². The first-order valence-electron chi connectivity index (χ1n) is 12.5. The van der Waals surface area contributed by atoms with Crippen molar-refractivity contribution in [2.24, 2.45) is 7.05 Å². The van der Waals surface area contributed by atoms with Crippen LogP contribution in [0, 0.1) is 0 Å². The Morgan fingerprint density at radius 1 is 0.973 bits per heavy atom. The molecular weight excluding hydrogens is 470 g/mol. The molecule has 0 aliphatic heterocycles. The molecule has 0 aliphatic rings. The maximum atomic E-state index is 12.1. The molecule has 4 rings (SSSR count). The molecule has 192 valence electrons. The van der Waals surface area contributed by atoms with Crippen LogP contribution in [0.15, 0.2) is 71.4 Å². The molecule has 2 aromatic heterocycles. The van der Waals surface area contributed by atoms with E-state index in [1.807, 2.05) is 60.3 Å². The number of rotatable bonds is 14. The zero-order valence-electron chi connectivity index (χ0n) is 20.9. The number of unbranched alkanes of at least 4 members (excludes halogenated alkanes) is 3. The molecule has 0 saturated carbocycles. The van der Waals surface area contributed by atoms with E-state index in [4.69, 9.17) is 9.15 Å². The summed E-state index contributed by atoms with van der Waals surface area (Å²) in [6, 6.07) is 17.6. The summed E-state index contributed by atoms with van der Waals surface area (Å²) in [5, 5.41) is 10.6. The molecular formula is C28H31N5O4. The topological polar surface area (TPSA) is 112 Å². The van der Waals surface area contributed by atoms with Gasteiger partial charge >= 0.3 is 0 Å². The maximum absolute atomic E-state index is 12.1. The molecule has 1 amide bonds. The summed E-state index contributed by atoms with van der Waals surface area (Å²) in [6.07, 6.45) is 8.59. The van der Waals surface area contributed by atoms with Crippen molar-refractivity contribution < 1.29 is 18.7 Å². The number of ketones is 1. The van der Waals surface area contributed by atoms with Crippen LogP contribution >= 0.6 is 0 Å². The zero-order valence-corrected chi connectivity index (χ0v) is 20.9. The molecule has 2 aromatic carbocycles. The van der Waals surface area contributed by atoms with Crippen molar-refractivity contribution in [1.82, 2.24) is 25.1 Å². The van der Waals surface area contributed by atoms with Gasteiger partial charge in [0.1, 0.15) is 18.2 Å². The number of nitrogens with one attached hydrogen (secondary N) is 1. The Labute approximate surface area is 215 Å². The summed E-state index contributed by atoms with van der Waals surface area (Å²) in [5.41, 5.74) is 2.04. The fraction of sp³-hybridized carbons (Fsp3) is 0.321. The van der Waals surface area contributed by atoms with Gasteiger partial charge in [-0.25, -0.2) is 4.98 Å². The highest BCUT2D eigenvalue weighted by molar-refractivity contribution is 6.36. The minimum Gasteiger partial charge on any atom is -0.486 e. The van der Waals surface area contributed by atoms with Crippen LogP contribution in [0.4, 0.5) is 0 Å². The lowest BCUT2D eigenvalue weighted by molar-refractivity contribution is -0.138. The summed E-state index contributed by atoms with van der Waals surface area (Å²) in [4.78, 5) is 28.5. The van der Waals surface area contributed by atoms with Crippen molar-refractivity contribution >= 4 is 11.7 Å². The predicted octanol–water partition coefficient (Wildman–Crippen LogP) is 4.43. The van der Waals surface area contributed by atoms with Gasteiger partial charge in [-0.15, -0.1) is 10.2 Å². The van der Waals surface area contributed by atoms with Gasteiger partial charge in [0.2, 0.25) is 17.6 Å². The molecule has 4 aromatic rings. The molecule has 9 nitrogen and oxygen atoms in total. The average Bonchev–Trinajstić information content (AvgIpc) is 3.57. The number of carbonyl (C=O) groups is 2. The van der Waals surface area contributed by atoms with Crippen molar-refractivity contribution in [3.63, 3.8) is 0 Å². The number of ether oxygens (including phenoxy) is 1. The predicted molar refractivity (Wildman–Crippen MR) is 137 cm³/mol. The monoisotopic (exact) mass is 501 g/mol. The smallest absolute Gasteiger partial charge is 0.287 e. The van der Waals surface area contributed by atoms with Crippen LogP contribution in [0.2, 0.25) is 0 Å². The van der Waals surface area contributed by atoms with E-state index in [2.05, 4.69) is 32.6 Å². The molecule has 0 saturated heterocycles. The number of imidazole rings is 1. The molecule has 2 heterocycles. The summed E-state index contributed by atoms with van der Waals surface area (Å²) >= 11 is 0. The van der Waals surface area contributed by atoms with E-state index < -0.39 is 11.7 Å². The molecule has 0 unspecified atom stereocenters. The van der Waals surface area contributed by atoms with Gasteiger partial charge in [-0.05, 0) is 49.1 Å². The third kappa shape index (κ3) is 7.86. The van der Waals surface area contributed by atoms with Crippen LogP contribution in [-0.2, 0) is 36.2 Å². The molecule has 1 N–H and O–H groups in total. The third-order valence-electron chi connectivity index (χ3n) is 5.97. The lowest BCUT2D eigenvalue weighted by Gasteiger charge is -2.06. The van der Waals surface area contributed by atoms with Crippen LogP contribution < -0.4 is 10.1 Å². The Balaban J connectivity index is 1.14. The van der Waals surface area contributed by atoms with Gasteiger partial charge < -0.3 is 19.0 Å². The number of hydrogen-bond acceptors (Lipinski definition) is 7. The number of carbonyl (C=O) groups excluding carboxylic acids is 2. The number of amides is 1. The van der Waals surface area contributed by atoms with Crippen LogP contribution in [0.1, 0.15) is 49.4 Å². The van der Waals surface area contributed by atoms with Crippen LogP contribution in [0.5, 0.6) is 5.75 Å². The molecule has 0 spiro atoms. The van der Waals surface area contributed by atoms with Crippen molar-refractivity contribution in [3.05, 3.63) is 84.3 Å². The maximum Gasteiger partial charge on any atom is 0.287 e. The average molecular weight is 502 g/mol.